The van der Waals surface area contributed by atoms with Gasteiger partial charge in [-0.25, -0.2) is 4.79 Å². The minimum atomic E-state index is -0.0688. The summed E-state index contributed by atoms with van der Waals surface area (Å²) >= 11 is 12.2. The second kappa shape index (κ2) is 5.96. The molecule has 2 aromatic rings. The van der Waals surface area contributed by atoms with Crippen molar-refractivity contribution in [2.24, 2.45) is 0 Å². The fourth-order valence-corrected chi connectivity index (χ4v) is 3.01. The molecule has 1 saturated heterocycles. The quantitative estimate of drug-likeness (QED) is 0.762. The maximum atomic E-state index is 12.7. The minimum Gasteiger partial charge on any atom is -0.292 e. The van der Waals surface area contributed by atoms with Gasteiger partial charge in [0.15, 0.2) is 0 Å². The zero-order valence-corrected chi connectivity index (χ0v) is 12.8. The maximum Gasteiger partial charge on any atom is 0.329 e. The number of nitrogens with zero attached hydrogens (tertiary/aromatic N) is 2. The van der Waals surface area contributed by atoms with Crippen molar-refractivity contribution in [2.75, 3.05) is 22.9 Å². The number of hydrogen-bond acceptors (Lipinski definition) is 1. The first-order chi connectivity index (χ1) is 10.2. The first-order valence-electron chi connectivity index (χ1n) is 6.70. The molecule has 0 unspecified atom stereocenters. The first kappa shape index (κ1) is 14.2. The smallest absolute Gasteiger partial charge is 0.292 e. The molecule has 3 rings (SSSR count). The molecule has 3 nitrogen and oxygen atoms in total. The van der Waals surface area contributed by atoms with Gasteiger partial charge in [0, 0.05) is 24.7 Å². The van der Waals surface area contributed by atoms with Gasteiger partial charge in [0.05, 0.1) is 10.7 Å². The lowest BCUT2D eigenvalue weighted by Crippen LogP contribution is -2.32. The van der Waals surface area contributed by atoms with Crippen LogP contribution in [-0.2, 0) is 5.88 Å². The van der Waals surface area contributed by atoms with Crippen molar-refractivity contribution in [3.8, 4) is 0 Å². The topological polar surface area (TPSA) is 23.6 Å². The predicted octanol–water partition coefficient (Wildman–Crippen LogP) is 4.53. The highest BCUT2D eigenvalue weighted by molar-refractivity contribution is 6.34. The van der Waals surface area contributed by atoms with Crippen molar-refractivity contribution >= 4 is 40.6 Å². The van der Waals surface area contributed by atoms with Crippen molar-refractivity contribution < 1.29 is 4.79 Å². The summed E-state index contributed by atoms with van der Waals surface area (Å²) in [5.41, 5.74) is 2.57. The number of benzene rings is 2. The fraction of sp³-hybridized carbons (Fsp3) is 0.188. The van der Waals surface area contributed by atoms with Crippen LogP contribution in [0.4, 0.5) is 16.2 Å². The number of hydrogen-bond donors (Lipinski definition) is 0. The summed E-state index contributed by atoms with van der Waals surface area (Å²) in [6.45, 7) is 1.23. The summed E-state index contributed by atoms with van der Waals surface area (Å²) in [5, 5.41) is 0.582. The lowest BCUT2D eigenvalue weighted by molar-refractivity contribution is 0.256. The second-order valence-electron chi connectivity index (χ2n) is 4.80. The highest BCUT2D eigenvalue weighted by Gasteiger charge is 2.32. The molecule has 5 heteroatoms. The van der Waals surface area contributed by atoms with E-state index < -0.39 is 0 Å². The Morgan fingerprint density at radius 3 is 2.14 bits per heavy atom. The molecule has 1 heterocycles. The average Bonchev–Trinajstić information content (AvgIpc) is 2.89. The SMILES string of the molecule is O=C1N(c2ccccc2Cl)CCN1c1ccccc1CCl. The Bertz CT molecular complexity index is 675. The summed E-state index contributed by atoms with van der Waals surface area (Å²) in [6.07, 6.45) is 0. The summed E-state index contributed by atoms with van der Waals surface area (Å²) in [7, 11) is 0. The van der Waals surface area contributed by atoms with E-state index in [2.05, 4.69) is 0 Å². The number of alkyl halides is 1. The number of urea groups is 1. The van der Waals surface area contributed by atoms with E-state index in [1.165, 1.54) is 0 Å². The molecule has 0 aromatic heterocycles. The molecule has 0 spiro atoms. The fourth-order valence-electron chi connectivity index (χ4n) is 2.54. The molecular weight excluding hydrogens is 307 g/mol. The van der Waals surface area contributed by atoms with Crippen LogP contribution < -0.4 is 9.80 Å². The van der Waals surface area contributed by atoms with Gasteiger partial charge in [-0.15, -0.1) is 11.6 Å². The van der Waals surface area contributed by atoms with Gasteiger partial charge in [0.1, 0.15) is 0 Å². The molecule has 1 fully saturated rings. The van der Waals surface area contributed by atoms with Crippen LogP contribution in [0.2, 0.25) is 5.02 Å². The van der Waals surface area contributed by atoms with Crippen LogP contribution in [0.1, 0.15) is 5.56 Å². The number of rotatable bonds is 3. The minimum absolute atomic E-state index is 0.0688. The van der Waals surface area contributed by atoms with Crippen LogP contribution in [-0.4, -0.2) is 19.1 Å². The molecule has 0 atom stereocenters. The number of anilines is 2. The van der Waals surface area contributed by atoms with E-state index in [1.807, 2.05) is 42.5 Å². The van der Waals surface area contributed by atoms with Crippen LogP contribution in [0.3, 0.4) is 0 Å². The van der Waals surface area contributed by atoms with Crippen molar-refractivity contribution in [1.29, 1.82) is 0 Å². The van der Waals surface area contributed by atoms with E-state index in [0.717, 1.165) is 16.9 Å². The molecule has 0 saturated carbocycles. The zero-order valence-electron chi connectivity index (χ0n) is 11.3. The van der Waals surface area contributed by atoms with E-state index in [4.69, 9.17) is 23.2 Å². The molecule has 1 aliphatic heterocycles. The zero-order chi connectivity index (χ0) is 14.8. The van der Waals surface area contributed by atoms with E-state index in [-0.39, 0.29) is 6.03 Å². The predicted molar refractivity (Wildman–Crippen MR) is 87.5 cm³/mol. The van der Waals surface area contributed by atoms with Gasteiger partial charge in [-0.1, -0.05) is 41.9 Å². The molecule has 108 valence electrons. The third-order valence-electron chi connectivity index (χ3n) is 3.58. The van der Waals surface area contributed by atoms with E-state index in [9.17, 15) is 4.79 Å². The maximum absolute atomic E-state index is 12.7. The van der Waals surface area contributed by atoms with Gasteiger partial charge in [-0.05, 0) is 23.8 Å². The van der Waals surface area contributed by atoms with Crippen molar-refractivity contribution in [3.05, 3.63) is 59.1 Å². The normalized spacial score (nSPS) is 14.9. The molecule has 2 aromatic carbocycles. The number of halogens is 2. The molecule has 1 aliphatic rings. The van der Waals surface area contributed by atoms with E-state index in [1.54, 1.807) is 15.9 Å². The molecular formula is C16H14Cl2N2O. The summed E-state index contributed by atoms with van der Waals surface area (Å²) in [6, 6.07) is 15.0. The summed E-state index contributed by atoms with van der Waals surface area (Å²) in [4.78, 5) is 16.1. The highest BCUT2D eigenvalue weighted by Crippen LogP contribution is 2.31. The van der Waals surface area contributed by atoms with Crippen molar-refractivity contribution in [1.82, 2.24) is 0 Å². The lowest BCUT2D eigenvalue weighted by atomic mass is 10.2. The van der Waals surface area contributed by atoms with Crippen LogP contribution in [0, 0.1) is 0 Å². The number of carbonyl (C=O) groups excluding carboxylic acids is 1. The van der Waals surface area contributed by atoms with Gasteiger partial charge >= 0.3 is 6.03 Å². The molecule has 21 heavy (non-hydrogen) atoms. The third-order valence-corrected chi connectivity index (χ3v) is 4.19. The summed E-state index contributed by atoms with van der Waals surface area (Å²) in [5.74, 6) is 0.381. The Morgan fingerprint density at radius 1 is 0.905 bits per heavy atom. The monoisotopic (exact) mass is 320 g/mol. The molecule has 0 radical (unpaired) electrons. The molecule has 0 bridgehead atoms. The van der Waals surface area contributed by atoms with Crippen LogP contribution in [0.5, 0.6) is 0 Å². The number of amides is 2. The Hall–Kier alpha value is -1.71. The van der Waals surface area contributed by atoms with Crippen molar-refractivity contribution in [2.45, 2.75) is 5.88 Å². The summed E-state index contributed by atoms with van der Waals surface area (Å²) < 4.78 is 0. The Kier molecular flexibility index (Phi) is 4.04. The first-order valence-corrected chi connectivity index (χ1v) is 7.61. The highest BCUT2D eigenvalue weighted by atomic mass is 35.5. The lowest BCUT2D eigenvalue weighted by Gasteiger charge is -2.21. The second-order valence-corrected chi connectivity index (χ2v) is 5.47. The molecule has 2 amide bonds. The third kappa shape index (κ3) is 2.59. The van der Waals surface area contributed by atoms with Crippen LogP contribution in [0.25, 0.3) is 0 Å². The van der Waals surface area contributed by atoms with Gasteiger partial charge < -0.3 is 0 Å². The largest absolute Gasteiger partial charge is 0.329 e. The molecule has 0 N–H and O–H groups in total. The van der Waals surface area contributed by atoms with Gasteiger partial charge in [0.2, 0.25) is 0 Å². The Labute approximate surface area is 133 Å². The Morgan fingerprint density at radius 2 is 1.48 bits per heavy atom. The Balaban J connectivity index is 1.92. The number of para-hydroxylation sites is 2. The van der Waals surface area contributed by atoms with Gasteiger partial charge in [-0.3, -0.25) is 9.80 Å². The standard InChI is InChI=1S/C16H14Cl2N2O/c17-11-12-5-1-3-7-14(12)19-9-10-20(16(19)21)15-8-4-2-6-13(15)18/h1-8H,9-11H2. The van der Waals surface area contributed by atoms with Crippen LogP contribution in [0.15, 0.2) is 48.5 Å². The van der Waals surface area contributed by atoms with Gasteiger partial charge in [-0.2, -0.15) is 0 Å². The van der Waals surface area contributed by atoms with E-state index in [0.29, 0.717) is 24.0 Å². The van der Waals surface area contributed by atoms with Crippen molar-refractivity contribution in [3.63, 3.8) is 0 Å². The number of carbonyl (C=O) groups is 1. The average molecular weight is 321 g/mol. The van der Waals surface area contributed by atoms with Gasteiger partial charge in [0.25, 0.3) is 0 Å². The molecule has 0 aliphatic carbocycles. The van der Waals surface area contributed by atoms with Crippen LogP contribution >= 0.6 is 23.2 Å². The van der Waals surface area contributed by atoms with E-state index >= 15 is 0 Å².